The second-order valence-corrected chi connectivity index (χ2v) is 4.88. The Kier molecular flexibility index (Phi) is 3.00. The highest BCUT2D eigenvalue weighted by Gasteiger charge is 2.35. The van der Waals surface area contributed by atoms with E-state index in [1.165, 1.54) is 12.4 Å². The third kappa shape index (κ3) is 2.01. The monoisotopic (exact) mass is 266 g/mol. The lowest BCUT2D eigenvalue weighted by atomic mass is 10.2. The molecule has 2 N–H and O–H groups in total. The zero-order valence-corrected chi connectivity index (χ0v) is 10.5. The van der Waals surface area contributed by atoms with Crippen molar-refractivity contribution in [3.63, 3.8) is 0 Å². The van der Waals surface area contributed by atoms with Crippen LogP contribution in [0.3, 0.4) is 0 Å². The van der Waals surface area contributed by atoms with Crippen LogP contribution in [-0.4, -0.2) is 38.6 Å². The summed E-state index contributed by atoms with van der Waals surface area (Å²) in [4.78, 5) is 4.04. The van der Waals surface area contributed by atoms with E-state index in [1.807, 2.05) is 6.07 Å². The number of aliphatic hydroxyl groups is 2. The summed E-state index contributed by atoms with van der Waals surface area (Å²) in [5, 5.41) is 18.8. The molecule has 1 aromatic heterocycles. The topological polar surface area (TPSA) is 67.5 Å². The molecule has 3 atom stereocenters. The van der Waals surface area contributed by atoms with Crippen LogP contribution in [0.2, 0.25) is 0 Å². The van der Waals surface area contributed by atoms with Crippen LogP contribution in [0.15, 0.2) is 18.5 Å². The molecule has 0 bridgehead atoms. The van der Waals surface area contributed by atoms with E-state index in [1.54, 1.807) is 11.5 Å². The Bertz CT molecular complexity index is 613. The van der Waals surface area contributed by atoms with Crippen LogP contribution >= 0.6 is 0 Å². The van der Waals surface area contributed by atoms with Crippen molar-refractivity contribution in [2.24, 2.45) is 0 Å². The van der Waals surface area contributed by atoms with Crippen molar-refractivity contribution in [2.75, 3.05) is 6.61 Å². The van der Waals surface area contributed by atoms with Crippen LogP contribution in [0.4, 0.5) is 4.39 Å². The number of nitrogens with zero attached hydrogens (tertiary/aromatic N) is 2. The van der Waals surface area contributed by atoms with Gasteiger partial charge in [-0.2, -0.15) is 0 Å². The molecular weight excluding hydrogens is 251 g/mol. The van der Waals surface area contributed by atoms with Gasteiger partial charge in [0.2, 0.25) is 0 Å². The maximum absolute atomic E-state index is 13.8. The van der Waals surface area contributed by atoms with Crippen LogP contribution in [0.1, 0.15) is 18.2 Å². The smallest absolute Gasteiger partial charge is 0.151 e. The lowest BCUT2D eigenvalue weighted by molar-refractivity contribution is -0.0430. The molecular formula is C13H15FN2O3. The maximum atomic E-state index is 13.8. The number of hydrogen-bond donors (Lipinski definition) is 2. The van der Waals surface area contributed by atoms with Gasteiger partial charge in [0, 0.05) is 6.42 Å². The first-order valence-corrected chi connectivity index (χ1v) is 6.17. The fourth-order valence-corrected chi connectivity index (χ4v) is 2.50. The molecule has 0 unspecified atom stereocenters. The highest BCUT2D eigenvalue weighted by Crippen LogP contribution is 2.31. The van der Waals surface area contributed by atoms with Crippen molar-refractivity contribution < 1.29 is 19.3 Å². The summed E-state index contributed by atoms with van der Waals surface area (Å²) < 4.78 is 21.0. The number of ether oxygens (including phenoxy) is 1. The summed E-state index contributed by atoms with van der Waals surface area (Å²) in [7, 11) is 0. The number of aryl methyl sites for hydroxylation is 1. The molecule has 5 nitrogen and oxygen atoms in total. The third-order valence-corrected chi connectivity index (χ3v) is 3.47. The quantitative estimate of drug-likeness (QED) is 0.855. The Labute approximate surface area is 109 Å². The predicted octanol–water partition coefficient (Wildman–Crippen LogP) is 1.12. The summed E-state index contributed by atoms with van der Waals surface area (Å²) in [6.07, 6.45) is 0.105. The number of hydrogen-bond acceptors (Lipinski definition) is 4. The van der Waals surface area contributed by atoms with Gasteiger partial charge in [-0.1, -0.05) is 0 Å². The molecule has 0 saturated carbocycles. The summed E-state index contributed by atoms with van der Waals surface area (Å²) in [5.41, 5.74) is 1.72. The second-order valence-electron chi connectivity index (χ2n) is 4.88. The predicted molar refractivity (Wildman–Crippen MR) is 66.0 cm³/mol. The minimum atomic E-state index is -0.720. The summed E-state index contributed by atoms with van der Waals surface area (Å²) >= 11 is 0. The average Bonchev–Trinajstić information content (AvgIpc) is 2.92. The number of halogens is 1. The number of fused-ring (bicyclic) bond motifs is 1. The normalized spacial score (nSPS) is 27.3. The molecule has 3 rings (SSSR count). The van der Waals surface area contributed by atoms with E-state index in [4.69, 9.17) is 9.84 Å². The van der Waals surface area contributed by atoms with Crippen LogP contribution in [0, 0.1) is 12.7 Å². The van der Waals surface area contributed by atoms with Gasteiger partial charge in [-0.25, -0.2) is 9.37 Å². The van der Waals surface area contributed by atoms with Gasteiger partial charge in [-0.05, 0) is 24.6 Å². The number of aromatic nitrogens is 2. The molecule has 6 heteroatoms. The van der Waals surface area contributed by atoms with Gasteiger partial charge in [0.25, 0.3) is 0 Å². The Morgan fingerprint density at radius 3 is 3.00 bits per heavy atom. The Morgan fingerprint density at radius 2 is 2.32 bits per heavy atom. The van der Waals surface area contributed by atoms with Gasteiger partial charge in [0.1, 0.15) is 17.8 Å². The van der Waals surface area contributed by atoms with Crippen molar-refractivity contribution in [2.45, 2.75) is 31.8 Å². The highest BCUT2D eigenvalue weighted by atomic mass is 19.1. The largest absolute Gasteiger partial charge is 0.394 e. The minimum absolute atomic E-state index is 0.238. The molecule has 1 aliphatic rings. The molecule has 0 spiro atoms. The van der Waals surface area contributed by atoms with Crippen LogP contribution < -0.4 is 0 Å². The Balaban J connectivity index is 2.02. The molecule has 1 aromatic carbocycles. The van der Waals surface area contributed by atoms with E-state index in [0.29, 0.717) is 11.9 Å². The van der Waals surface area contributed by atoms with Crippen LogP contribution in [-0.2, 0) is 4.74 Å². The van der Waals surface area contributed by atoms with Crippen LogP contribution in [0.25, 0.3) is 11.0 Å². The number of rotatable bonds is 2. The third-order valence-electron chi connectivity index (χ3n) is 3.47. The number of imidazole rings is 1. The minimum Gasteiger partial charge on any atom is -0.394 e. The van der Waals surface area contributed by atoms with Crippen molar-refractivity contribution in [3.8, 4) is 0 Å². The first-order chi connectivity index (χ1) is 9.10. The highest BCUT2D eigenvalue weighted by molar-refractivity contribution is 5.77. The first kappa shape index (κ1) is 12.5. The molecule has 19 heavy (non-hydrogen) atoms. The molecule has 102 valence electrons. The second kappa shape index (κ2) is 4.56. The van der Waals surface area contributed by atoms with E-state index in [9.17, 15) is 9.50 Å². The molecule has 1 aliphatic heterocycles. The number of aliphatic hydroxyl groups excluding tert-OH is 2. The van der Waals surface area contributed by atoms with Crippen molar-refractivity contribution in [1.82, 2.24) is 9.55 Å². The maximum Gasteiger partial charge on any atom is 0.151 e. The standard InChI is InChI=1S/C13H15FN2O3/c1-7-2-8(14)13-9(3-7)16(6-15-13)12-4-10(18)11(5-17)19-12/h2-3,6,10-12,17-18H,4-5H2,1H3/t10-,11+,12+/m0/s1. The zero-order chi connectivity index (χ0) is 13.6. The zero-order valence-electron chi connectivity index (χ0n) is 10.5. The molecule has 0 aliphatic carbocycles. The van der Waals surface area contributed by atoms with E-state index in [0.717, 1.165) is 5.56 Å². The summed E-state index contributed by atoms with van der Waals surface area (Å²) in [6.45, 7) is 1.57. The lowest BCUT2D eigenvalue weighted by Gasteiger charge is -2.14. The van der Waals surface area contributed by atoms with Gasteiger partial charge in [0.15, 0.2) is 5.82 Å². The first-order valence-electron chi connectivity index (χ1n) is 6.17. The fourth-order valence-electron chi connectivity index (χ4n) is 2.50. The Hall–Kier alpha value is -1.50. The van der Waals surface area contributed by atoms with Crippen molar-refractivity contribution in [1.29, 1.82) is 0 Å². The molecule has 2 aromatic rings. The molecule has 2 heterocycles. The summed E-state index contributed by atoms with van der Waals surface area (Å²) in [6, 6.07) is 3.26. The van der Waals surface area contributed by atoms with Gasteiger partial charge in [-0.15, -0.1) is 0 Å². The molecule has 1 fully saturated rings. The van der Waals surface area contributed by atoms with E-state index < -0.39 is 18.4 Å². The van der Waals surface area contributed by atoms with Gasteiger partial charge < -0.3 is 19.5 Å². The SMILES string of the molecule is Cc1cc(F)c2ncn([C@H]3C[C@H](O)[C@@H](CO)O3)c2c1. The van der Waals surface area contributed by atoms with Crippen molar-refractivity contribution >= 4 is 11.0 Å². The van der Waals surface area contributed by atoms with Crippen LogP contribution in [0.5, 0.6) is 0 Å². The lowest BCUT2D eigenvalue weighted by Crippen LogP contribution is -2.24. The molecule has 1 saturated heterocycles. The van der Waals surface area contributed by atoms with E-state index in [-0.39, 0.29) is 17.9 Å². The average molecular weight is 266 g/mol. The van der Waals surface area contributed by atoms with E-state index >= 15 is 0 Å². The molecule has 0 amide bonds. The number of benzene rings is 1. The fraction of sp³-hybridized carbons (Fsp3) is 0.462. The Morgan fingerprint density at radius 1 is 1.53 bits per heavy atom. The molecule has 0 radical (unpaired) electrons. The van der Waals surface area contributed by atoms with Gasteiger partial charge in [-0.3, -0.25) is 0 Å². The van der Waals surface area contributed by atoms with Crippen molar-refractivity contribution in [3.05, 3.63) is 29.8 Å². The van der Waals surface area contributed by atoms with Gasteiger partial charge >= 0.3 is 0 Å². The summed E-state index contributed by atoms with van der Waals surface area (Å²) in [5.74, 6) is -0.369. The van der Waals surface area contributed by atoms with E-state index in [2.05, 4.69) is 4.98 Å². The van der Waals surface area contributed by atoms with Gasteiger partial charge in [0.05, 0.1) is 24.6 Å².